The third kappa shape index (κ3) is 3.56. The zero-order valence-electron chi connectivity index (χ0n) is 15.7. The van der Waals surface area contributed by atoms with Crippen LogP contribution in [0.25, 0.3) is 22.3 Å². The van der Waals surface area contributed by atoms with Gasteiger partial charge in [0.2, 0.25) is 0 Å². The largest absolute Gasteiger partial charge is 0.380 e. The van der Waals surface area contributed by atoms with Crippen molar-refractivity contribution in [3.8, 4) is 11.4 Å². The number of primary amides is 1. The molecule has 3 heterocycles. The summed E-state index contributed by atoms with van der Waals surface area (Å²) in [5, 5.41) is 4.37. The van der Waals surface area contributed by atoms with Crippen molar-refractivity contribution < 1.29 is 9.53 Å². The first-order valence-corrected chi connectivity index (χ1v) is 9.44. The van der Waals surface area contributed by atoms with Gasteiger partial charge < -0.3 is 26.5 Å². The van der Waals surface area contributed by atoms with E-state index in [-0.39, 0.29) is 17.8 Å². The fraction of sp³-hybridized carbons (Fsp3) is 0.350. The van der Waals surface area contributed by atoms with Crippen LogP contribution in [0.1, 0.15) is 29.4 Å². The van der Waals surface area contributed by atoms with Gasteiger partial charge in [0.05, 0.1) is 18.5 Å². The van der Waals surface area contributed by atoms with Crippen molar-refractivity contribution in [2.24, 2.45) is 11.5 Å². The quantitative estimate of drug-likeness (QED) is 0.534. The summed E-state index contributed by atoms with van der Waals surface area (Å²) in [6, 6.07) is 8.09. The molecular weight excluding hydrogens is 356 g/mol. The third-order valence-electron chi connectivity index (χ3n) is 5.09. The molecule has 28 heavy (non-hydrogen) atoms. The lowest BCUT2D eigenvalue weighted by Gasteiger charge is -2.29. The lowest BCUT2D eigenvalue weighted by Crippen LogP contribution is -2.47. The molecule has 1 aliphatic rings. The molecule has 0 unspecified atom stereocenters. The van der Waals surface area contributed by atoms with Crippen molar-refractivity contribution >= 4 is 22.6 Å². The monoisotopic (exact) mass is 380 g/mol. The second-order valence-electron chi connectivity index (χ2n) is 7.05. The zero-order valence-corrected chi connectivity index (χ0v) is 15.7. The average Bonchev–Trinajstić information content (AvgIpc) is 3.12. The highest BCUT2D eigenvalue weighted by atomic mass is 16.5. The summed E-state index contributed by atoms with van der Waals surface area (Å²) in [7, 11) is 0. The predicted molar refractivity (Wildman–Crippen MR) is 108 cm³/mol. The molecule has 0 bridgehead atoms. The Balaban J connectivity index is 1.72. The highest BCUT2D eigenvalue weighted by molar-refractivity contribution is 5.98. The van der Waals surface area contributed by atoms with Gasteiger partial charge in [-0.3, -0.25) is 4.79 Å². The number of carbonyl (C=O) groups is 1. The standard InChI is InChI=1S/C20H24N6O2/c1-2-11-3-4-14-12(7-11)8-16(24-14)18-19(20(22)27)23-9-17(26-18)25-15-5-6-28-10-13(15)21/h3-4,7-9,13,15,24H,2,5-6,10,21H2,1H3,(H2,22,27)(H,25,26)/t13-,15+/m0/s1. The molecule has 1 fully saturated rings. The number of nitrogens with zero attached hydrogens (tertiary/aromatic N) is 2. The van der Waals surface area contributed by atoms with Crippen LogP contribution in [0.3, 0.4) is 0 Å². The van der Waals surface area contributed by atoms with E-state index in [0.29, 0.717) is 30.4 Å². The molecule has 4 rings (SSSR count). The fourth-order valence-corrected chi connectivity index (χ4v) is 3.49. The Morgan fingerprint density at radius 2 is 2.25 bits per heavy atom. The first kappa shape index (κ1) is 18.4. The molecule has 0 saturated carbocycles. The van der Waals surface area contributed by atoms with E-state index in [1.54, 1.807) is 0 Å². The molecule has 2 aromatic heterocycles. The Kier molecular flexibility index (Phi) is 4.97. The van der Waals surface area contributed by atoms with Crippen LogP contribution in [0.15, 0.2) is 30.5 Å². The maximum absolute atomic E-state index is 11.9. The van der Waals surface area contributed by atoms with Crippen molar-refractivity contribution in [2.75, 3.05) is 18.5 Å². The van der Waals surface area contributed by atoms with E-state index in [1.807, 2.05) is 12.1 Å². The van der Waals surface area contributed by atoms with Gasteiger partial charge in [0, 0.05) is 29.6 Å². The van der Waals surface area contributed by atoms with Crippen LogP contribution in [-0.4, -0.2) is 46.2 Å². The lowest BCUT2D eigenvalue weighted by atomic mass is 10.0. The van der Waals surface area contributed by atoms with Gasteiger partial charge in [0.1, 0.15) is 11.5 Å². The second kappa shape index (κ2) is 7.57. The number of nitrogens with two attached hydrogens (primary N) is 2. The summed E-state index contributed by atoms with van der Waals surface area (Å²) in [4.78, 5) is 24.1. The lowest BCUT2D eigenvalue weighted by molar-refractivity contribution is 0.0752. The third-order valence-corrected chi connectivity index (χ3v) is 5.09. The normalized spacial score (nSPS) is 19.6. The summed E-state index contributed by atoms with van der Waals surface area (Å²) < 4.78 is 5.38. The van der Waals surface area contributed by atoms with E-state index in [1.165, 1.54) is 11.8 Å². The molecule has 0 aliphatic carbocycles. The van der Waals surface area contributed by atoms with Crippen LogP contribution in [0.2, 0.25) is 0 Å². The first-order valence-electron chi connectivity index (χ1n) is 9.44. The predicted octanol–water partition coefficient (Wildman–Crippen LogP) is 1.81. The van der Waals surface area contributed by atoms with Gasteiger partial charge in [-0.15, -0.1) is 0 Å². The van der Waals surface area contributed by atoms with Crippen LogP contribution in [0.4, 0.5) is 5.82 Å². The Morgan fingerprint density at radius 3 is 3.00 bits per heavy atom. The van der Waals surface area contributed by atoms with Gasteiger partial charge in [-0.25, -0.2) is 9.97 Å². The summed E-state index contributed by atoms with van der Waals surface area (Å²) in [5.74, 6) is -0.0695. The molecule has 3 aromatic rings. The Labute approximate surface area is 162 Å². The van der Waals surface area contributed by atoms with E-state index in [4.69, 9.17) is 16.2 Å². The number of aryl methyl sites for hydroxylation is 1. The molecule has 0 spiro atoms. The maximum atomic E-state index is 11.9. The van der Waals surface area contributed by atoms with Gasteiger partial charge in [-0.2, -0.15) is 0 Å². The Bertz CT molecular complexity index is 1020. The van der Waals surface area contributed by atoms with E-state index < -0.39 is 5.91 Å². The van der Waals surface area contributed by atoms with Gasteiger partial charge in [0.25, 0.3) is 5.91 Å². The number of H-pyrrole nitrogens is 1. The molecule has 2 atom stereocenters. The smallest absolute Gasteiger partial charge is 0.269 e. The maximum Gasteiger partial charge on any atom is 0.269 e. The molecule has 1 aliphatic heterocycles. The molecule has 146 valence electrons. The number of amides is 1. The summed E-state index contributed by atoms with van der Waals surface area (Å²) in [6.45, 7) is 3.26. The number of benzene rings is 1. The number of fused-ring (bicyclic) bond motifs is 1. The van der Waals surface area contributed by atoms with Crippen molar-refractivity contribution in [3.05, 3.63) is 41.7 Å². The van der Waals surface area contributed by atoms with Crippen molar-refractivity contribution in [2.45, 2.75) is 31.8 Å². The molecule has 1 saturated heterocycles. The minimum absolute atomic E-state index is 0.0326. The van der Waals surface area contributed by atoms with Crippen molar-refractivity contribution in [1.82, 2.24) is 15.0 Å². The molecule has 8 nitrogen and oxygen atoms in total. The molecule has 8 heteroatoms. The number of carbonyl (C=O) groups excluding carboxylic acids is 1. The van der Waals surface area contributed by atoms with E-state index in [2.05, 4.69) is 39.3 Å². The Hall–Kier alpha value is -2.97. The second-order valence-corrected chi connectivity index (χ2v) is 7.05. The molecule has 0 radical (unpaired) electrons. The van der Waals surface area contributed by atoms with Gasteiger partial charge >= 0.3 is 0 Å². The minimum atomic E-state index is -0.621. The number of aromatic nitrogens is 3. The fourth-order valence-electron chi connectivity index (χ4n) is 3.49. The van der Waals surface area contributed by atoms with Crippen LogP contribution >= 0.6 is 0 Å². The number of rotatable bonds is 5. The number of hydrogen-bond acceptors (Lipinski definition) is 6. The van der Waals surface area contributed by atoms with Gasteiger partial charge in [0.15, 0.2) is 5.69 Å². The van der Waals surface area contributed by atoms with E-state index >= 15 is 0 Å². The number of anilines is 1. The first-order chi connectivity index (χ1) is 13.5. The van der Waals surface area contributed by atoms with Crippen LogP contribution in [-0.2, 0) is 11.2 Å². The number of ether oxygens (including phenoxy) is 1. The topological polar surface area (TPSA) is 132 Å². The average molecular weight is 380 g/mol. The van der Waals surface area contributed by atoms with Gasteiger partial charge in [-0.05, 0) is 36.6 Å². The molecule has 1 aromatic carbocycles. The highest BCUT2D eigenvalue weighted by Gasteiger charge is 2.24. The van der Waals surface area contributed by atoms with E-state index in [0.717, 1.165) is 23.7 Å². The summed E-state index contributed by atoms with van der Waals surface area (Å²) in [6.07, 6.45) is 3.25. The SMILES string of the molecule is CCc1ccc2[nH]c(-c3nc(N[C@@H]4CCOC[C@@H]4N)cnc3C(N)=O)cc2c1. The zero-order chi connectivity index (χ0) is 19.7. The Morgan fingerprint density at radius 1 is 1.39 bits per heavy atom. The van der Waals surface area contributed by atoms with Crippen molar-refractivity contribution in [3.63, 3.8) is 0 Å². The minimum Gasteiger partial charge on any atom is -0.380 e. The summed E-state index contributed by atoms with van der Waals surface area (Å²) >= 11 is 0. The number of aromatic amines is 1. The van der Waals surface area contributed by atoms with Crippen LogP contribution < -0.4 is 16.8 Å². The van der Waals surface area contributed by atoms with Gasteiger partial charge in [-0.1, -0.05) is 13.0 Å². The number of nitrogens with one attached hydrogen (secondary N) is 2. The van der Waals surface area contributed by atoms with E-state index in [9.17, 15) is 4.79 Å². The summed E-state index contributed by atoms with van der Waals surface area (Å²) in [5.41, 5.74) is 15.1. The van der Waals surface area contributed by atoms with Crippen LogP contribution in [0.5, 0.6) is 0 Å². The molecule has 1 amide bonds. The number of hydrogen-bond donors (Lipinski definition) is 4. The van der Waals surface area contributed by atoms with Crippen molar-refractivity contribution in [1.29, 1.82) is 0 Å². The van der Waals surface area contributed by atoms with Crippen LogP contribution in [0, 0.1) is 0 Å². The highest BCUT2D eigenvalue weighted by Crippen LogP contribution is 2.27. The molecule has 6 N–H and O–H groups in total. The molecular formula is C20H24N6O2.